The Bertz CT molecular complexity index is 501. The van der Waals surface area contributed by atoms with Gasteiger partial charge in [0, 0.05) is 24.6 Å². The van der Waals surface area contributed by atoms with Crippen molar-refractivity contribution in [3.05, 3.63) is 35.4 Å². The number of carbonyl (C=O) groups is 2. The van der Waals surface area contributed by atoms with Crippen LogP contribution in [0, 0.1) is 6.92 Å². The minimum absolute atomic E-state index is 0.306. The molecule has 1 fully saturated rings. The van der Waals surface area contributed by atoms with Gasteiger partial charge in [-0.3, -0.25) is 0 Å². The van der Waals surface area contributed by atoms with Crippen molar-refractivity contribution in [2.24, 2.45) is 0 Å². The Balaban J connectivity index is 2.09. The third kappa shape index (κ3) is 3.66. The average molecular weight is 294 g/mol. The van der Waals surface area contributed by atoms with Crippen molar-refractivity contribution in [3.63, 3.8) is 0 Å². The van der Waals surface area contributed by atoms with E-state index in [4.69, 9.17) is 0 Å². The molecule has 108 valence electrons. The highest BCUT2D eigenvalue weighted by atomic mass is 32.2. The van der Waals surface area contributed by atoms with Gasteiger partial charge in [0.2, 0.25) is 0 Å². The molecule has 1 aliphatic rings. The Labute approximate surface area is 122 Å². The van der Waals surface area contributed by atoms with Crippen molar-refractivity contribution >= 4 is 23.8 Å². The largest absolute Gasteiger partial charge is 0.479 e. The topological polar surface area (TPSA) is 69.6 Å². The standard InChI is InChI=1S/C14H18N2O3S/c1-10-3-2-4-11(9-10)12(13(17)18)15-14(19)16-5-7-20-8-6-16/h2-4,9,12H,5-8H2,1H3,(H,15,19)(H,17,18)/t12-/m0/s1. The van der Waals surface area contributed by atoms with Gasteiger partial charge in [-0.2, -0.15) is 11.8 Å². The lowest BCUT2D eigenvalue weighted by Gasteiger charge is -2.28. The van der Waals surface area contributed by atoms with Gasteiger partial charge in [-0.1, -0.05) is 29.8 Å². The van der Waals surface area contributed by atoms with E-state index in [0.717, 1.165) is 17.1 Å². The Morgan fingerprint density at radius 1 is 1.35 bits per heavy atom. The number of nitrogens with one attached hydrogen (secondary N) is 1. The molecule has 0 radical (unpaired) electrons. The van der Waals surface area contributed by atoms with Crippen LogP contribution < -0.4 is 5.32 Å². The molecule has 1 aromatic rings. The van der Waals surface area contributed by atoms with Crippen LogP contribution in [0.3, 0.4) is 0 Å². The van der Waals surface area contributed by atoms with Crippen molar-refractivity contribution in [2.45, 2.75) is 13.0 Å². The van der Waals surface area contributed by atoms with Gasteiger partial charge in [0.05, 0.1) is 0 Å². The second-order valence-corrected chi connectivity index (χ2v) is 5.96. The van der Waals surface area contributed by atoms with E-state index in [1.165, 1.54) is 0 Å². The number of benzene rings is 1. The van der Waals surface area contributed by atoms with Crippen molar-refractivity contribution in [1.82, 2.24) is 10.2 Å². The number of nitrogens with zero attached hydrogens (tertiary/aromatic N) is 1. The van der Waals surface area contributed by atoms with Crippen LogP contribution in [0.5, 0.6) is 0 Å². The normalized spacial score (nSPS) is 16.6. The Kier molecular flexibility index (Phi) is 4.89. The first-order chi connectivity index (χ1) is 9.58. The summed E-state index contributed by atoms with van der Waals surface area (Å²) in [6.07, 6.45) is 0. The smallest absolute Gasteiger partial charge is 0.330 e. The van der Waals surface area contributed by atoms with Crippen LogP contribution in [0.15, 0.2) is 24.3 Å². The summed E-state index contributed by atoms with van der Waals surface area (Å²) in [5.41, 5.74) is 1.56. The lowest BCUT2D eigenvalue weighted by Crippen LogP contribution is -2.47. The molecule has 0 aromatic heterocycles. The molecule has 1 aliphatic heterocycles. The Morgan fingerprint density at radius 3 is 2.65 bits per heavy atom. The van der Waals surface area contributed by atoms with Crippen LogP contribution in [0.1, 0.15) is 17.2 Å². The molecule has 1 heterocycles. The summed E-state index contributed by atoms with van der Waals surface area (Å²) in [6, 6.07) is 5.88. The maximum absolute atomic E-state index is 12.1. The molecule has 0 unspecified atom stereocenters. The van der Waals surface area contributed by atoms with E-state index in [1.807, 2.05) is 13.0 Å². The average Bonchev–Trinajstić information content (AvgIpc) is 2.45. The number of thioether (sulfide) groups is 1. The summed E-state index contributed by atoms with van der Waals surface area (Å²) in [6.45, 7) is 3.22. The first-order valence-electron chi connectivity index (χ1n) is 6.50. The molecule has 0 bridgehead atoms. The predicted molar refractivity (Wildman–Crippen MR) is 79.0 cm³/mol. The first kappa shape index (κ1) is 14.7. The Morgan fingerprint density at radius 2 is 2.05 bits per heavy atom. The first-order valence-corrected chi connectivity index (χ1v) is 7.66. The van der Waals surface area contributed by atoms with Gasteiger partial charge in [0.1, 0.15) is 0 Å². The number of carboxylic acids is 1. The minimum Gasteiger partial charge on any atom is -0.479 e. The molecule has 2 rings (SSSR count). The summed E-state index contributed by atoms with van der Waals surface area (Å²) >= 11 is 1.80. The zero-order chi connectivity index (χ0) is 14.5. The highest BCUT2D eigenvalue weighted by Crippen LogP contribution is 2.16. The third-order valence-electron chi connectivity index (χ3n) is 3.19. The molecular weight excluding hydrogens is 276 g/mol. The number of amides is 2. The summed E-state index contributed by atoms with van der Waals surface area (Å²) < 4.78 is 0. The van der Waals surface area contributed by atoms with E-state index in [1.54, 1.807) is 34.9 Å². The molecule has 2 N–H and O–H groups in total. The van der Waals surface area contributed by atoms with Gasteiger partial charge in [-0.25, -0.2) is 9.59 Å². The molecule has 0 spiro atoms. The van der Waals surface area contributed by atoms with Gasteiger partial charge < -0.3 is 15.3 Å². The van der Waals surface area contributed by atoms with Crippen LogP contribution in [0.4, 0.5) is 4.79 Å². The molecule has 0 aliphatic carbocycles. The fourth-order valence-corrected chi connectivity index (χ4v) is 3.02. The molecule has 1 saturated heterocycles. The lowest BCUT2D eigenvalue weighted by molar-refractivity contribution is -0.139. The van der Waals surface area contributed by atoms with Crippen LogP contribution in [-0.4, -0.2) is 46.6 Å². The molecule has 20 heavy (non-hydrogen) atoms. The second-order valence-electron chi connectivity index (χ2n) is 4.73. The van der Waals surface area contributed by atoms with Gasteiger partial charge >= 0.3 is 12.0 Å². The molecule has 6 heteroatoms. The van der Waals surface area contributed by atoms with E-state index >= 15 is 0 Å². The number of carboxylic acid groups (broad SMARTS) is 1. The molecule has 0 saturated carbocycles. The number of hydrogen-bond acceptors (Lipinski definition) is 3. The van der Waals surface area contributed by atoms with E-state index in [2.05, 4.69) is 5.32 Å². The summed E-state index contributed by atoms with van der Waals surface area (Å²) in [5.74, 6) is 0.751. The molecular formula is C14H18N2O3S. The highest BCUT2D eigenvalue weighted by molar-refractivity contribution is 7.99. The zero-order valence-electron chi connectivity index (χ0n) is 11.3. The number of urea groups is 1. The SMILES string of the molecule is Cc1cccc([C@H](NC(=O)N2CCSCC2)C(=O)O)c1. The monoisotopic (exact) mass is 294 g/mol. The fraction of sp³-hybridized carbons (Fsp3) is 0.429. The maximum Gasteiger partial charge on any atom is 0.330 e. The lowest BCUT2D eigenvalue weighted by atomic mass is 10.0. The van der Waals surface area contributed by atoms with Gasteiger partial charge in [-0.05, 0) is 12.5 Å². The van der Waals surface area contributed by atoms with Gasteiger partial charge in [-0.15, -0.1) is 0 Å². The predicted octanol–water partition coefficient (Wildman–Crippen LogP) is 1.88. The number of hydrogen-bond donors (Lipinski definition) is 2. The zero-order valence-corrected chi connectivity index (χ0v) is 12.2. The van der Waals surface area contributed by atoms with Crippen LogP contribution in [-0.2, 0) is 4.79 Å². The Hall–Kier alpha value is -1.69. The number of rotatable bonds is 3. The molecule has 1 aromatic carbocycles. The summed E-state index contributed by atoms with van der Waals surface area (Å²) in [4.78, 5) is 25.2. The second kappa shape index (κ2) is 6.65. The van der Waals surface area contributed by atoms with Crippen LogP contribution in [0.2, 0.25) is 0 Å². The number of carbonyl (C=O) groups excluding carboxylic acids is 1. The van der Waals surface area contributed by atoms with Crippen molar-refractivity contribution in [3.8, 4) is 0 Å². The number of aliphatic carboxylic acids is 1. The van der Waals surface area contributed by atoms with E-state index in [-0.39, 0.29) is 6.03 Å². The fourth-order valence-electron chi connectivity index (χ4n) is 2.12. The van der Waals surface area contributed by atoms with Gasteiger partial charge in [0.25, 0.3) is 0 Å². The molecule has 5 nitrogen and oxygen atoms in total. The number of aryl methyl sites for hydroxylation is 1. The quantitative estimate of drug-likeness (QED) is 0.893. The van der Waals surface area contributed by atoms with Crippen molar-refractivity contribution < 1.29 is 14.7 Å². The molecule has 1 atom stereocenters. The highest BCUT2D eigenvalue weighted by Gasteiger charge is 2.25. The third-order valence-corrected chi connectivity index (χ3v) is 4.13. The molecule has 2 amide bonds. The summed E-state index contributed by atoms with van der Waals surface area (Å²) in [7, 11) is 0. The van der Waals surface area contributed by atoms with Crippen LogP contribution >= 0.6 is 11.8 Å². The van der Waals surface area contributed by atoms with E-state index in [0.29, 0.717) is 18.7 Å². The van der Waals surface area contributed by atoms with E-state index in [9.17, 15) is 14.7 Å². The maximum atomic E-state index is 12.1. The van der Waals surface area contributed by atoms with Gasteiger partial charge in [0.15, 0.2) is 6.04 Å². The van der Waals surface area contributed by atoms with Crippen LogP contribution in [0.25, 0.3) is 0 Å². The van der Waals surface area contributed by atoms with E-state index < -0.39 is 12.0 Å². The van der Waals surface area contributed by atoms with Crippen molar-refractivity contribution in [1.29, 1.82) is 0 Å². The van der Waals surface area contributed by atoms with Crippen molar-refractivity contribution in [2.75, 3.05) is 24.6 Å². The minimum atomic E-state index is -1.05. The summed E-state index contributed by atoms with van der Waals surface area (Å²) in [5, 5.41) is 11.9.